The third-order valence-corrected chi connectivity index (χ3v) is 5.34. The standard InChI is InChI=1S/C17H17BrN2S/c1-11-7-8-12(13(18)9-11)15(19-2)10-17-20-14-5-3-4-6-16(14)21-17/h3-9,15,19H,10H2,1-2H3. The Morgan fingerprint density at radius 2 is 2.05 bits per heavy atom. The molecule has 3 rings (SSSR count). The second-order valence-corrected chi connectivity index (χ2v) is 7.12. The molecule has 0 aliphatic carbocycles. The van der Waals surface area contributed by atoms with Crippen LogP contribution in [0.5, 0.6) is 0 Å². The highest BCUT2D eigenvalue weighted by molar-refractivity contribution is 9.10. The minimum atomic E-state index is 0.264. The Morgan fingerprint density at radius 1 is 1.24 bits per heavy atom. The molecule has 0 aliphatic rings. The average molecular weight is 361 g/mol. The second kappa shape index (κ2) is 6.26. The van der Waals surface area contributed by atoms with Gasteiger partial charge >= 0.3 is 0 Å². The van der Waals surface area contributed by atoms with Crippen LogP contribution in [0.2, 0.25) is 0 Å². The number of hydrogen-bond acceptors (Lipinski definition) is 3. The molecule has 2 aromatic carbocycles. The smallest absolute Gasteiger partial charge is 0.0957 e. The molecule has 1 N–H and O–H groups in total. The molecular weight excluding hydrogens is 344 g/mol. The maximum Gasteiger partial charge on any atom is 0.0957 e. The van der Waals surface area contributed by atoms with Gasteiger partial charge in [0, 0.05) is 16.9 Å². The molecule has 0 saturated carbocycles. The van der Waals surface area contributed by atoms with Crippen molar-refractivity contribution < 1.29 is 0 Å². The van der Waals surface area contributed by atoms with E-state index in [-0.39, 0.29) is 6.04 Å². The van der Waals surface area contributed by atoms with Gasteiger partial charge in [0.05, 0.1) is 15.2 Å². The number of likely N-dealkylation sites (N-methyl/N-ethyl adjacent to an activating group) is 1. The molecule has 0 saturated heterocycles. The maximum absolute atomic E-state index is 4.74. The molecule has 2 nitrogen and oxygen atoms in total. The summed E-state index contributed by atoms with van der Waals surface area (Å²) in [6.45, 7) is 2.11. The monoisotopic (exact) mass is 360 g/mol. The molecule has 21 heavy (non-hydrogen) atoms. The number of nitrogens with one attached hydrogen (secondary N) is 1. The Balaban J connectivity index is 1.90. The molecule has 0 spiro atoms. The van der Waals surface area contributed by atoms with Crippen LogP contribution < -0.4 is 5.32 Å². The van der Waals surface area contributed by atoms with E-state index in [0.29, 0.717) is 0 Å². The van der Waals surface area contributed by atoms with Gasteiger partial charge in [-0.25, -0.2) is 4.98 Å². The summed E-state index contributed by atoms with van der Waals surface area (Å²) >= 11 is 5.46. The summed E-state index contributed by atoms with van der Waals surface area (Å²) in [5.74, 6) is 0. The highest BCUT2D eigenvalue weighted by atomic mass is 79.9. The Morgan fingerprint density at radius 3 is 2.76 bits per heavy atom. The predicted octanol–water partition coefficient (Wildman–Crippen LogP) is 4.87. The van der Waals surface area contributed by atoms with E-state index in [4.69, 9.17) is 4.98 Å². The maximum atomic E-state index is 4.74. The molecule has 0 aliphatic heterocycles. The number of nitrogens with zero attached hydrogens (tertiary/aromatic N) is 1. The van der Waals surface area contributed by atoms with Crippen LogP contribution in [0, 0.1) is 6.92 Å². The van der Waals surface area contributed by atoms with Gasteiger partial charge in [0.2, 0.25) is 0 Å². The number of fused-ring (bicyclic) bond motifs is 1. The van der Waals surface area contributed by atoms with Crippen molar-refractivity contribution in [2.45, 2.75) is 19.4 Å². The lowest BCUT2D eigenvalue weighted by Gasteiger charge is -2.17. The average Bonchev–Trinajstić information content (AvgIpc) is 2.87. The Bertz CT molecular complexity index is 733. The van der Waals surface area contributed by atoms with Crippen LogP contribution in [0.25, 0.3) is 10.2 Å². The first kappa shape index (κ1) is 14.7. The Labute approximate surface area is 137 Å². The molecule has 0 fully saturated rings. The van der Waals surface area contributed by atoms with E-state index in [1.54, 1.807) is 11.3 Å². The van der Waals surface area contributed by atoms with Crippen molar-refractivity contribution in [2.24, 2.45) is 0 Å². The normalized spacial score (nSPS) is 12.7. The minimum Gasteiger partial charge on any atom is -0.313 e. The predicted molar refractivity (Wildman–Crippen MR) is 94.0 cm³/mol. The Kier molecular flexibility index (Phi) is 4.38. The van der Waals surface area contributed by atoms with E-state index < -0.39 is 0 Å². The largest absolute Gasteiger partial charge is 0.313 e. The van der Waals surface area contributed by atoms with Gasteiger partial charge in [-0.1, -0.05) is 40.2 Å². The molecule has 3 aromatic rings. The number of para-hydroxylation sites is 1. The summed E-state index contributed by atoms with van der Waals surface area (Å²) in [6.07, 6.45) is 0.900. The number of halogens is 1. The van der Waals surface area contributed by atoms with Gasteiger partial charge < -0.3 is 5.32 Å². The lowest BCUT2D eigenvalue weighted by molar-refractivity contribution is 0.588. The SMILES string of the molecule is CNC(Cc1nc2ccccc2s1)c1ccc(C)cc1Br. The van der Waals surface area contributed by atoms with E-state index in [2.05, 4.69) is 64.6 Å². The van der Waals surface area contributed by atoms with Crippen molar-refractivity contribution in [3.8, 4) is 0 Å². The fourth-order valence-corrected chi connectivity index (χ4v) is 4.25. The molecular formula is C17H17BrN2S. The number of benzene rings is 2. The lowest BCUT2D eigenvalue weighted by Crippen LogP contribution is -2.19. The molecule has 1 heterocycles. The number of rotatable bonds is 4. The fourth-order valence-electron chi connectivity index (χ4n) is 2.46. The van der Waals surface area contributed by atoms with E-state index in [0.717, 1.165) is 16.4 Å². The highest BCUT2D eigenvalue weighted by Crippen LogP contribution is 2.29. The van der Waals surface area contributed by atoms with Crippen molar-refractivity contribution in [2.75, 3.05) is 7.05 Å². The second-order valence-electron chi connectivity index (χ2n) is 5.15. The molecule has 0 amide bonds. The van der Waals surface area contributed by atoms with E-state index >= 15 is 0 Å². The van der Waals surface area contributed by atoms with Crippen LogP contribution in [0.3, 0.4) is 0 Å². The number of aromatic nitrogens is 1. The van der Waals surface area contributed by atoms with Gasteiger partial charge in [0.1, 0.15) is 0 Å². The first-order valence-corrected chi connectivity index (χ1v) is 8.56. The zero-order chi connectivity index (χ0) is 14.8. The van der Waals surface area contributed by atoms with E-state index in [9.17, 15) is 0 Å². The first-order valence-electron chi connectivity index (χ1n) is 6.95. The highest BCUT2D eigenvalue weighted by Gasteiger charge is 2.15. The molecule has 108 valence electrons. The summed E-state index contributed by atoms with van der Waals surface area (Å²) in [5.41, 5.74) is 3.64. The van der Waals surface area contributed by atoms with Gasteiger partial charge in [-0.15, -0.1) is 11.3 Å². The van der Waals surface area contributed by atoms with Crippen LogP contribution in [-0.2, 0) is 6.42 Å². The molecule has 1 unspecified atom stereocenters. The van der Waals surface area contributed by atoms with Crippen molar-refractivity contribution in [3.63, 3.8) is 0 Å². The van der Waals surface area contributed by atoms with E-state index in [1.165, 1.54) is 20.8 Å². The van der Waals surface area contributed by atoms with Crippen molar-refractivity contribution >= 4 is 37.5 Å². The minimum absolute atomic E-state index is 0.264. The van der Waals surface area contributed by atoms with Gasteiger partial charge in [-0.05, 0) is 43.3 Å². The van der Waals surface area contributed by atoms with Crippen LogP contribution in [0.15, 0.2) is 46.9 Å². The zero-order valence-electron chi connectivity index (χ0n) is 12.1. The zero-order valence-corrected chi connectivity index (χ0v) is 14.5. The molecule has 1 aromatic heterocycles. The lowest BCUT2D eigenvalue weighted by atomic mass is 10.0. The third kappa shape index (κ3) is 3.18. The summed E-state index contributed by atoms with van der Waals surface area (Å²) in [6, 6.07) is 15.1. The summed E-state index contributed by atoms with van der Waals surface area (Å²) in [7, 11) is 2.00. The number of hydrogen-bond donors (Lipinski definition) is 1. The molecule has 0 bridgehead atoms. The quantitative estimate of drug-likeness (QED) is 0.717. The third-order valence-electron chi connectivity index (χ3n) is 3.60. The fraction of sp³-hybridized carbons (Fsp3) is 0.235. The topological polar surface area (TPSA) is 24.9 Å². The van der Waals surface area contributed by atoms with Crippen molar-refractivity contribution in [1.82, 2.24) is 10.3 Å². The van der Waals surface area contributed by atoms with Crippen molar-refractivity contribution in [3.05, 3.63) is 63.1 Å². The molecule has 0 radical (unpaired) electrons. The van der Waals surface area contributed by atoms with Gasteiger partial charge in [-0.3, -0.25) is 0 Å². The van der Waals surface area contributed by atoms with Gasteiger partial charge in [-0.2, -0.15) is 0 Å². The van der Waals surface area contributed by atoms with Crippen LogP contribution in [0.1, 0.15) is 22.2 Å². The number of thiazole rings is 1. The Hall–Kier alpha value is -1.23. The summed E-state index contributed by atoms with van der Waals surface area (Å²) < 4.78 is 2.41. The number of aryl methyl sites for hydroxylation is 1. The first-order chi connectivity index (χ1) is 10.2. The summed E-state index contributed by atoms with van der Waals surface area (Å²) in [5, 5.41) is 4.58. The van der Waals surface area contributed by atoms with Crippen LogP contribution in [0.4, 0.5) is 0 Å². The summed E-state index contributed by atoms with van der Waals surface area (Å²) in [4.78, 5) is 4.74. The van der Waals surface area contributed by atoms with Crippen LogP contribution in [-0.4, -0.2) is 12.0 Å². The van der Waals surface area contributed by atoms with Gasteiger partial charge in [0.25, 0.3) is 0 Å². The van der Waals surface area contributed by atoms with Gasteiger partial charge in [0.15, 0.2) is 0 Å². The van der Waals surface area contributed by atoms with Crippen molar-refractivity contribution in [1.29, 1.82) is 0 Å². The van der Waals surface area contributed by atoms with Crippen LogP contribution >= 0.6 is 27.3 Å². The molecule has 4 heteroatoms. The molecule has 1 atom stereocenters. The van der Waals surface area contributed by atoms with E-state index in [1.807, 2.05) is 13.1 Å².